The zero-order valence-electron chi connectivity index (χ0n) is 20.5. The highest BCUT2D eigenvalue weighted by atomic mass is 35.5. The van der Waals surface area contributed by atoms with E-state index in [0.717, 1.165) is 75.7 Å². The molecule has 3 fully saturated rings. The van der Waals surface area contributed by atoms with Gasteiger partial charge >= 0.3 is 6.09 Å². The molecule has 186 valence electrons. The van der Waals surface area contributed by atoms with Crippen LogP contribution in [-0.4, -0.2) is 73.9 Å². The lowest BCUT2D eigenvalue weighted by Gasteiger charge is -2.52. The molecule has 1 spiro atoms. The fourth-order valence-electron chi connectivity index (χ4n) is 5.97. The minimum atomic E-state index is -0.478. The van der Waals surface area contributed by atoms with Crippen LogP contribution < -0.4 is 0 Å². The Morgan fingerprint density at radius 3 is 2.85 bits per heavy atom. The normalized spacial score (nSPS) is 28.6. The van der Waals surface area contributed by atoms with Gasteiger partial charge in [0.25, 0.3) is 0 Å². The number of amides is 1. The minimum Gasteiger partial charge on any atom is -0.444 e. The number of piperidine rings is 2. The highest BCUT2D eigenvalue weighted by Gasteiger charge is 2.46. The van der Waals surface area contributed by atoms with Crippen molar-refractivity contribution in [2.75, 3.05) is 26.2 Å². The van der Waals surface area contributed by atoms with Crippen LogP contribution in [0.25, 0.3) is 11.0 Å². The zero-order chi connectivity index (χ0) is 23.9. The summed E-state index contributed by atoms with van der Waals surface area (Å²) in [6.45, 7) is 9.43. The molecule has 3 atom stereocenters. The molecular weight excluding hydrogens is 454 g/mol. The maximum atomic E-state index is 13.1. The van der Waals surface area contributed by atoms with E-state index in [4.69, 9.17) is 21.1 Å². The van der Waals surface area contributed by atoms with Crippen molar-refractivity contribution in [2.24, 2.45) is 0 Å². The monoisotopic (exact) mass is 489 g/mol. The van der Waals surface area contributed by atoms with Crippen molar-refractivity contribution >= 4 is 28.7 Å². The van der Waals surface area contributed by atoms with E-state index >= 15 is 0 Å². The average molecular weight is 490 g/mol. The molecule has 0 bridgehead atoms. The first-order valence-electron chi connectivity index (χ1n) is 12.6. The number of carbonyl (C=O) groups is 1. The van der Waals surface area contributed by atoms with Crippen LogP contribution in [0.15, 0.2) is 18.6 Å². The van der Waals surface area contributed by atoms with E-state index in [1.807, 2.05) is 37.9 Å². The number of ether oxygens (including phenoxy) is 2. The number of nitrogens with zero attached hydrogens (tertiary/aromatic N) is 5. The van der Waals surface area contributed by atoms with Gasteiger partial charge < -0.3 is 18.9 Å². The van der Waals surface area contributed by atoms with Crippen LogP contribution in [0.5, 0.6) is 0 Å². The van der Waals surface area contributed by atoms with Gasteiger partial charge in [-0.2, -0.15) is 0 Å². The fraction of sp³-hybridized carbons (Fsp3) is 0.720. The van der Waals surface area contributed by atoms with Crippen molar-refractivity contribution in [3.8, 4) is 0 Å². The maximum Gasteiger partial charge on any atom is 0.410 e. The second-order valence-corrected chi connectivity index (χ2v) is 11.4. The summed E-state index contributed by atoms with van der Waals surface area (Å²) < 4.78 is 14.4. The smallest absolute Gasteiger partial charge is 0.410 e. The third-order valence-electron chi connectivity index (χ3n) is 7.41. The highest BCUT2D eigenvalue weighted by molar-refractivity contribution is 6.33. The molecule has 0 radical (unpaired) electrons. The Balaban J connectivity index is 1.24. The molecule has 3 aliphatic rings. The molecule has 5 rings (SSSR count). The Hall–Kier alpha value is -1.90. The van der Waals surface area contributed by atoms with Gasteiger partial charge in [-0.25, -0.2) is 14.8 Å². The zero-order valence-corrected chi connectivity index (χ0v) is 21.3. The van der Waals surface area contributed by atoms with Crippen molar-refractivity contribution in [2.45, 2.75) is 89.2 Å². The topological polar surface area (TPSA) is 72.7 Å². The van der Waals surface area contributed by atoms with E-state index in [-0.39, 0.29) is 24.0 Å². The summed E-state index contributed by atoms with van der Waals surface area (Å²) in [5.74, 6) is 0. The van der Waals surface area contributed by atoms with Crippen LogP contribution in [0.3, 0.4) is 0 Å². The summed E-state index contributed by atoms with van der Waals surface area (Å²) in [5.41, 5.74) is 0.216. The van der Waals surface area contributed by atoms with Gasteiger partial charge in [0, 0.05) is 25.8 Å². The summed E-state index contributed by atoms with van der Waals surface area (Å²) in [6, 6.07) is 1.96. The van der Waals surface area contributed by atoms with Gasteiger partial charge in [-0.1, -0.05) is 11.6 Å². The molecule has 0 aromatic carbocycles. The van der Waals surface area contributed by atoms with Gasteiger partial charge in [-0.05, 0) is 78.3 Å². The van der Waals surface area contributed by atoms with Gasteiger partial charge in [-0.3, -0.25) is 4.90 Å². The predicted molar refractivity (Wildman–Crippen MR) is 131 cm³/mol. The summed E-state index contributed by atoms with van der Waals surface area (Å²) in [4.78, 5) is 26.1. The van der Waals surface area contributed by atoms with Crippen LogP contribution in [0.1, 0.15) is 71.9 Å². The molecular formula is C25H36ClN5O3. The van der Waals surface area contributed by atoms with Crippen molar-refractivity contribution in [1.29, 1.82) is 0 Å². The van der Waals surface area contributed by atoms with E-state index in [1.165, 1.54) is 12.7 Å². The molecule has 3 unspecified atom stereocenters. The molecule has 9 heteroatoms. The van der Waals surface area contributed by atoms with Crippen LogP contribution >= 0.6 is 11.6 Å². The Morgan fingerprint density at radius 1 is 1.21 bits per heavy atom. The standard InChI is InChI=1S/C25H36ClN5O3/c1-24(2,3)34-23(32)31-13-5-4-10-25(31)11-6-12-29(16-25)15-18-7-8-20(33-18)30-14-9-19-21(26)27-17-28-22(19)30/h9,14,17-18,20H,4-8,10-13,15-16H2,1-3H3. The number of fused-ring (bicyclic) bond motifs is 1. The SMILES string of the molecule is CC(C)(C)OC(=O)N1CCCCC12CCCN(CC1CCC(n3ccc4c(Cl)ncnc43)O1)C2. The number of hydrogen-bond acceptors (Lipinski definition) is 6. The predicted octanol–water partition coefficient (Wildman–Crippen LogP) is 5.02. The number of likely N-dealkylation sites (tertiary alicyclic amines) is 2. The first kappa shape index (κ1) is 23.8. The number of carbonyl (C=O) groups excluding carboxylic acids is 1. The highest BCUT2D eigenvalue weighted by Crippen LogP contribution is 2.38. The first-order valence-corrected chi connectivity index (χ1v) is 13.0. The number of halogens is 1. The van der Waals surface area contributed by atoms with Crippen molar-refractivity contribution in [3.05, 3.63) is 23.7 Å². The molecule has 8 nitrogen and oxygen atoms in total. The second kappa shape index (κ2) is 9.28. The number of aromatic nitrogens is 3. The molecule has 3 saturated heterocycles. The van der Waals surface area contributed by atoms with Crippen molar-refractivity contribution in [1.82, 2.24) is 24.3 Å². The van der Waals surface area contributed by atoms with E-state index in [0.29, 0.717) is 5.15 Å². The average Bonchev–Trinajstić information content (AvgIpc) is 3.40. The van der Waals surface area contributed by atoms with Gasteiger partial charge in [-0.15, -0.1) is 0 Å². The molecule has 3 aliphatic heterocycles. The Kier molecular flexibility index (Phi) is 6.50. The molecule has 5 heterocycles. The van der Waals surface area contributed by atoms with E-state index < -0.39 is 5.60 Å². The van der Waals surface area contributed by atoms with Crippen LogP contribution in [0.2, 0.25) is 5.15 Å². The molecule has 0 saturated carbocycles. The Labute approximate surface area is 206 Å². The summed E-state index contributed by atoms with van der Waals surface area (Å²) in [5, 5.41) is 1.33. The van der Waals surface area contributed by atoms with E-state index in [9.17, 15) is 4.79 Å². The summed E-state index contributed by atoms with van der Waals surface area (Å²) >= 11 is 6.23. The molecule has 2 aromatic rings. The Morgan fingerprint density at radius 2 is 2.03 bits per heavy atom. The third-order valence-corrected chi connectivity index (χ3v) is 7.71. The third kappa shape index (κ3) is 4.77. The fourth-order valence-corrected chi connectivity index (χ4v) is 6.16. The minimum absolute atomic E-state index is 0.0415. The molecule has 0 N–H and O–H groups in total. The second-order valence-electron chi connectivity index (χ2n) is 11.1. The lowest BCUT2D eigenvalue weighted by atomic mass is 9.80. The molecule has 0 aliphatic carbocycles. The lowest BCUT2D eigenvalue weighted by molar-refractivity contribution is -0.0558. The van der Waals surface area contributed by atoms with Crippen molar-refractivity contribution < 1.29 is 14.3 Å². The van der Waals surface area contributed by atoms with Crippen LogP contribution in [0.4, 0.5) is 4.79 Å². The van der Waals surface area contributed by atoms with Gasteiger partial charge in [0.15, 0.2) is 0 Å². The van der Waals surface area contributed by atoms with Gasteiger partial charge in [0.1, 0.15) is 29.0 Å². The lowest BCUT2D eigenvalue weighted by Crippen LogP contribution is -2.63. The first-order chi connectivity index (χ1) is 16.2. The largest absolute Gasteiger partial charge is 0.444 e. The molecule has 1 amide bonds. The van der Waals surface area contributed by atoms with Crippen LogP contribution in [-0.2, 0) is 9.47 Å². The Bertz CT molecular complexity index is 1030. The summed E-state index contributed by atoms with van der Waals surface area (Å²) in [6.07, 6.45) is 10.8. The molecule has 34 heavy (non-hydrogen) atoms. The number of hydrogen-bond donors (Lipinski definition) is 0. The number of rotatable bonds is 3. The van der Waals surface area contributed by atoms with Crippen molar-refractivity contribution in [3.63, 3.8) is 0 Å². The van der Waals surface area contributed by atoms with E-state index in [2.05, 4.69) is 19.4 Å². The molecule has 2 aromatic heterocycles. The van der Waals surface area contributed by atoms with Gasteiger partial charge in [0.2, 0.25) is 0 Å². The maximum absolute atomic E-state index is 13.1. The quantitative estimate of drug-likeness (QED) is 0.564. The van der Waals surface area contributed by atoms with Crippen LogP contribution in [0, 0.1) is 0 Å². The van der Waals surface area contributed by atoms with E-state index in [1.54, 1.807) is 0 Å². The summed E-state index contributed by atoms with van der Waals surface area (Å²) in [7, 11) is 0. The van der Waals surface area contributed by atoms with Gasteiger partial charge in [0.05, 0.1) is 17.0 Å².